The monoisotopic (exact) mass is 476 g/mol. The maximum absolute atomic E-state index is 13.3. The Balaban J connectivity index is 1.25. The maximum atomic E-state index is 13.3. The third kappa shape index (κ3) is 4.55. The number of ether oxygens (including phenoxy) is 3. The quantitative estimate of drug-likeness (QED) is 0.649. The topological polar surface area (TPSA) is 51.2 Å². The van der Waals surface area contributed by atoms with Gasteiger partial charge in [0.1, 0.15) is 13.2 Å². The molecule has 1 amide bonds. The minimum absolute atomic E-state index is 0.0743. The molecular formula is C24H26Cl2N2O4. The molecular weight excluding hydrogens is 451 g/mol. The summed E-state index contributed by atoms with van der Waals surface area (Å²) < 4.78 is 17.3. The van der Waals surface area contributed by atoms with Gasteiger partial charge in [0.05, 0.1) is 35.3 Å². The minimum Gasteiger partial charge on any atom is -0.486 e. The number of morpholine rings is 1. The third-order valence-electron chi connectivity index (χ3n) is 6.35. The Hall–Kier alpha value is -1.99. The summed E-state index contributed by atoms with van der Waals surface area (Å²) in [7, 11) is 0. The molecule has 0 bridgehead atoms. The highest BCUT2D eigenvalue weighted by Gasteiger charge is 2.33. The van der Waals surface area contributed by atoms with Crippen LogP contribution in [0.25, 0.3) is 0 Å². The van der Waals surface area contributed by atoms with Gasteiger partial charge in [0.25, 0.3) is 0 Å². The van der Waals surface area contributed by atoms with Crippen molar-refractivity contribution in [2.45, 2.75) is 25.0 Å². The van der Waals surface area contributed by atoms with Crippen LogP contribution in [0.1, 0.15) is 36.1 Å². The molecule has 170 valence electrons. The second kappa shape index (κ2) is 9.48. The molecule has 2 fully saturated rings. The molecule has 0 radical (unpaired) electrons. The van der Waals surface area contributed by atoms with E-state index >= 15 is 0 Å². The van der Waals surface area contributed by atoms with Crippen molar-refractivity contribution in [1.82, 2.24) is 9.80 Å². The summed E-state index contributed by atoms with van der Waals surface area (Å²) in [5.74, 6) is 1.69. The van der Waals surface area contributed by atoms with Crippen molar-refractivity contribution < 1.29 is 19.0 Å². The normalized spacial score (nSPS) is 23.4. The zero-order valence-corrected chi connectivity index (χ0v) is 19.3. The zero-order chi connectivity index (χ0) is 22.1. The van der Waals surface area contributed by atoms with Crippen LogP contribution >= 0.6 is 23.2 Å². The number of carbonyl (C=O) groups excluding carboxylic acids is 1. The lowest BCUT2D eigenvalue weighted by Gasteiger charge is -2.34. The Morgan fingerprint density at radius 3 is 2.59 bits per heavy atom. The Bertz CT molecular complexity index is 1000. The number of rotatable bonds is 4. The highest BCUT2D eigenvalue weighted by molar-refractivity contribution is 6.42. The molecule has 2 aromatic rings. The van der Waals surface area contributed by atoms with Gasteiger partial charge in [0, 0.05) is 19.6 Å². The molecule has 0 aliphatic carbocycles. The van der Waals surface area contributed by atoms with E-state index in [0.717, 1.165) is 48.6 Å². The van der Waals surface area contributed by atoms with Gasteiger partial charge in [-0.15, -0.1) is 0 Å². The molecule has 3 aliphatic heterocycles. The van der Waals surface area contributed by atoms with Crippen molar-refractivity contribution in [3.05, 3.63) is 57.6 Å². The van der Waals surface area contributed by atoms with Crippen LogP contribution in [0.4, 0.5) is 0 Å². The zero-order valence-electron chi connectivity index (χ0n) is 17.8. The predicted octanol–water partition coefficient (Wildman–Crippen LogP) is 4.50. The predicted molar refractivity (Wildman–Crippen MR) is 123 cm³/mol. The van der Waals surface area contributed by atoms with Crippen LogP contribution in [0.15, 0.2) is 36.4 Å². The number of hydrogen-bond acceptors (Lipinski definition) is 5. The van der Waals surface area contributed by atoms with E-state index in [1.165, 1.54) is 0 Å². The van der Waals surface area contributed by atoms with Crippen LogP contribution < -0.4 is 9.47 Å². The summed E-state index contributed by atoms with van der Waals surface area (Å²) >= 11 is 12.2. The second-order valence-electron chi connectivity index (χ2n) is 8.42. The van der Waals surface area contributed by atoms with Gasteiger partial charge in [-0.05, 0) is 48.2 Å². The molecule has 0 spiro atoms. The van der Waals surface area contributed by atoms with E-state index in [1.54, 1.807) is 6.07 Å². The molecule has 0 saturated carbocycles. The van der Waals surface area contributed by atoms with Gasteiger partial charge in [0.15, 0.2) is 11.5 Å². The second-order valence-corrected chi connectivity index (χ2v) is 9.23. The van der Waals surface area contributed by atoms with Gasteiger partial charge in [-0.3, -0.25) is 9.69 Å². The lowest BCUT2D eigenvalue weighted by atomic mass is 10.0. The Labute approximate surface area is 197 Å². The molecule has 0 N–H and O–H groups in total. The Kier molecular flexibility index (Phi) is 6.47. The van der Waals surface area contributed by atoms with E-state index in [1.807, 2.05) is 29.2 Å². The summed E-state index contributed by atoms with van der Waals surface area (Å²) in [6, 6.07) is 11.7. The van der Waals surface area contributed by atoms with Crippen molar-refractivity contribution in [2.24, 2.45) is 0 Å². The van der Waals surface area contributed by atoms with Gasteiger partial charge in [0.2, 0.25) is 5.91 Å². The number of halogens is 2. The van der Waals surface area contributed by atoms with Crippen LogP contribution in [-0.4, -0.2) is 61.7 Å². The molecule has 3 heterocycles. The van der Waals surface area contributed by atoms with Gasteiger partial charge in [-0.2, -0.15) is 0 Å². The fourth-order valence-corrected chi connectivity index (χ4v) is 5.03. The fourth-order valence-electron chi connectivity index (χ4n) is 4.72. The number of likely N-dealkylation sites (tertiary alicyclic amines) is 1. The number of fused-ring (bicyclic) bond motifs is 1. The first-order chi connectivity index (χ1) is 15.6. The van der Waals surface area contributed by atoms with Crippen LogP contribution in [0.3, 0.4) is 0 Å². The van der Waals surface area contributed by atoms with Crippen LogP contribution in [-0.2, 0) is 9.53 Å². The first-order valence-electron chi connectivity index (χ1n) is 11.1. The van der Waals surface area contributed by atoms with Crippen molar-refractivity contribution in [1.29, 1.82) is 0 Å². The molecule has 32 heavy (non-hydrogen) atoms. The largest absolute Gasteiger partial charge is 0.486 e. The van der Waals surface area contributed by atoms with E-state index in [-0.39, 0.29) is 18.1 Å². The molecule has 6 nitrogen and oxygen atoms in total. The third-order valence-corrected chi connectivity index (χ3v) is 7.09. The van der Waals surface area contributed by atoms with Crippen LogP contribution in [0.2, 0.25) is 10.0 Å². The first kappa shape index (κ1) is 21.8. The van der Waals surface area contributed by atoms with E-state index in [2.05, 4.69) is 11.0 Å². The Morgan fingerprint density at radius 1 is 0.938 bits per heavy atom. The molecule has 2 saturated heterocycles. The number of benzene rings is 2. The SMILES string of the molecule is O=C(CN1CCOC(c2ccc(Cl)c(Cl)c2)C1)N1CCCC1c1ccc2c(c1)OCCO2. The highest BCUT2D eigenvalue weighted by Crippen LogP contribution is 2.38. The lowest BCUT2D eigenvalue weighted by Crippen LogP contribution is -2.45. The van der Waals surface area contributed by atoms with E-state index in [4.69, 9.17) is 37.4 Å². The van der Waals surface area contributed by atoms with E-state index in [0.29, 0.717) is 43.0 Å². The molecule has 0 aromatic heterocycles. The van der Waals surface area contributed by atoms with E-state index < -0.39 is 0 Å². The number of hydrogen-bond donors (Lipinski definition) is 0. The van der Waals surface area contributed by atoms with Gasteiger partial charge in [-0.1, -0.05) is 35.3 Å². The average Bonchev–Trinajstić information content (AvgIpc) is 3.31. The lowest BCUT2D eigenvalue weighted by molar-refractivity contribution is -0.135. The van der Waals surface area contributed by atoms with Crippen LogP contribution in [0, 0.1) is 0 Å². The number of nitrogens with zero attached hydrogens (tertiary/aromatic N) is 2. The standard InChI is InChI=1S/C24H26Cl2N2O4/c25-18-5-3-17(12-19(18)26)23-14-27(8-9-30-23)15-24(29)28-7-1-2-20(28)16-4-6-21-22(13-16)32-11-10-31-21/h3-6,12-13,20,23H,1-2,7-11,14-15H2. The van der Waals surface area contributed by atoms with Gasteiger partial charge >= 0.3 is 0 Å². The van der Waals surface area contributed by atoms with Crippen molar-refractivity contribution in [2.75, 3.05) is 46.0 Å². The van der Waals surface area contributed by atoms with Crippen LogP contribution in [0.5, 0.6) is 11.5 Å². The minimum atomic E-state index is -0.126. The highest BCUT2D eigenvalue weighted by atomic mass is 35.5. The maximum Gasteiger partial charge on any atom is 0.237 e. The molecule has 8 heteroatoms. The molecule has 2 unspecified atom stereocenters. The molecule has 5 rings (SSSR count). The summed E-state index contributed by atoms with van der Waals surface area (Å²) in [6.07, 6.45) is 1.83. The van der Waals surface area contributed by atoms with Gasteiger partial charge < -0.3 is 19.1 Å². The summed E-state index contributed by atoms with van der Waals surface area (Å²) in [6.45, 7) is 4.23. The van der Waals surface area contributed by atoms with Crippen molar-refractivity contribution in [3.8, 4) is 11.5 Å². The summed E-state index contributed by atoms with van der Waals surface area (Å²) in [5.41, 5.74) is 2.09. The fraction of sp³-hybridized carbons (Fsp3) is 0.458. The molecule has 3 aliphatic rings. The summed E-state index contributed by atoms with van der Waals surface area (Å²) in [4.78, 5) is 17.5. The summed E-state index contributed by atoms with van der Waals surface area (Å²) in [5, 5.41) is 1.04. The first-order valence-corrected chi connectivity index (χ1v) is 11.8. The smallest absolute Gasteiger partial charge is 0.237 e. The molecule has 2 aromatic carbocycles. The Morgan fingerprint density at radius 2 is 1.75 bits per heavy atom. The number of amides is 1. The van der Waals surface area contributed by atoms with Crippen molar-refractivity contribution >= 4 is 29.1 Å². The number of carbonyl (C=O) groups is 1. The average molecular weight is 477 g/mol. The van der Waals surface area contributed by atoms with Crippen molar-refractivity contribution in [3.63, 3.8) is 0 Å². The van der Waals surface area contributed by atoms with E-state index in [9.17, 15) is 4.79 Å². The van der Waals surface area contributed by atoms with Gasteiger partial charge in [-0.25, -0.2) is 0 Å². The molecule has 2 atom stereocenters.